The zero-order valence-electron chi connectivity index (χ0n) is 11.4. The maximum atomic E-state index is 12.0. The Kier molecular flexibility index (Phi) is 4.95. The van der Waals surface area contributed by atoms with Gasteiger partial charge in [-0.25, -0.2) is 4.98 Å². The summed E-state index contributed by atoms with van der Waals surface area (Å²) in [5.74, 6) is 0.701. The maximum Gasteiger partial charge on any atom is 0.248 e. The van der Waals surface area contributed by atoms with Crippen LogP contribution in [0.5, 0.6) is 5.75 Å². The number of carbonyl (C=O) groups excluding carboxylic acids is 1. The Bertz CT molecular complexity index is 540. The summed E-state index contributed by atoms with van der Waals surface area (Å²) in [7, 11) is 0. The molecule has 2 rings (SSSR count). The van der Waals surface area contributed by atoms with Gasteiger partial charge in [-0.1, -0.05) is 0 Å². The van der Waals surface area contributed by atoms with Crippen LogP contribution in [0.15, 0.2) is 35.8 Å². The molecule has 0 aliphatic heterocycles. The number of hydrogen-bond acceptors (Lipinski definition) is 5. The molecular weight excluding hydrogens is 274 g/mol. The van der Waals surface area contributed by atoms with Crippen molar-refractivity contribution < 1.29 is 9.53 Å². The number of amides is 1. The highest BCUT2D eigenvalue weighted by Crippen LogP contribution is 2.17. The minimum atomic E-state index is -0.350. The van der Waals surface area contributed by atoms with Gasteiger partial charge in [0, 0.05) is 17.3 Å². The van der Waals surface area contributed by atoms with Gasteiger partial charge in [0.1, 0.15) is 11.8 Å². The van der Waals surface area contributed by atoms with Crippen LogP contribution in [0, 0.1) is 0 Å². The summed E-state index contributed by atoms with van der Waals surface area (Å²) in [6, 6.07) is 7.17. The number of rotatable bonds is 6. The minimum Gasteiger partial charge on any atom is -0.494 e. The van der Waals surface area contributed by atoms with E-state index in [2.05, 4.69) is 15.6 Å². The minimum absolute atomic E-state index is 0.117. The van der Waals surface area contributed by atoms with E-state index in [9.17, 15) is 4.79 Å². The molecule has 1 amide bonds. The summed E-state index contributed by atoms with van der Waals surface area (Å²) in [6.45, 7) is 4.38. The third-order valence-corrected chi connectivity index (χ3v) is 3.29. The fourth-order valence-electron chi connectivity index (χ4n) is 1.63. The van der Waals surface area contributed by atoms with Crippen molar-refractivity contribution in [2.75, 3.05) is 17.2 Å². The summed E-state index contributed by atoms with van der Waals surface area (Å²) in [6.07, 6.45) is 1.66. The number of ether oxygens (including phenoxy) is 1. The lowest BCUT2D eigenvalue weighted by molar-refractivity contribution is -0.116. The number of nitrogens with zero attached hydrogens (tertiary/aromatic N) is 1. The van der Waals surface area contributed by atoms with Crippen molar-refractivity contribution >= 4 is 28.1 Å². The summed E-state index contributed by atoms with van der Waals surface area (Å²) in [4.78, 5) is 16.0. The molecule has 0 aliphatic rings. The molecule has 2 N–H and O–H groups in total. The number of hydrogen-bond donors (Lipinski definition) is 2. The Morgan fingerprint density at radius 3 is 2.75 bits per heavy atom. The molecule has 0 saturated carbocycles. The van der Waals surface area contributed by atoms with Crippen LogP contribution in [0.3, 0.4) is 0 Å². The van der Waals surface area contributed by atoms with Crippen molar-refractivity contribution in [1.82, 2.24) is 4.98 Å². The number of carbonyl (C=O) groups is 1. The van der Waals surface area contributed by atoms with Crippen LogP contribution >= 0.6 is 11.3 Å². The summed E-state index contributed by atoms with van der Waals surface area (Å²) < 4.78 is 5.37. The topological polar surface area (TPSA) is 63.2 Å². The van der Waals surface area contributed by atoms with Crippen molar-refractivity contribution in [3.63, 3.8) is 0 Å². The lowest BCUT2D eigenvalue weighted by Crippen LogP contribution is -2.31. The Morgan fingerprint density at radius 2 is 2.15 bits per heavy atom. The third kappa shape index (κ3) is 3.96. The fourth-order valence-corrected chi connectivity index (χ4v) is 2.16. The van der Waals surface area contributed by atoms with Gasteiger partial charge < -0.3 is 15.4 Å². The van der Waals surface area contributed by atoms with Crippen LogP contribution < -0.4 is 15.4 Å². The van der Waals surface area contributed by atoms with Gasteiger partial charge in [0.05, 0.1) is 6.61 Å². The van der Waals surface area contributed by atoms with Gasteiger partial charge in [0.2, 0.25) is 5.91 Å². The molecule has 1 heterocycles. The van der Waals surface area contributed by atoms with Crippen LogP contribution in [-0.4, -0.2) is 23.5 Å². The number of benzene rings is 1. The van der Waals surface area contributed by atoms with E-state index >= 15 is 0 Å². The molecular formula is C14H17N3O2S. The summed E-state index contributed by atoms with van der Waals surface area (Å²) in [5, 5.41) is 8.31. The number of anilines is 2. The second-order valence-electron chi connectivity index (χ2n) is 4.15. The molecule has 0 aliphatic carbocycles. The average Bonchev–Trinajstić information content (AvgIpc) is 2.94. The van der Waals surface area contributed by atoms with Gasteiger partial charge in [-0.3, -0.25) is 4.79 Å². The van der Waals surface area contributed by atoms with Gasteiger partial charge in [0.25, 0.3) is 0 Å². The first-order valence-electron chi connectivity index (χ1n) is 6.39. The smallest absolute Gasteiger partial charge is 0.248 e. The van der Waals surface area contributed by atoms with E-state index in [0.717, 1.165) is 11.4 Å². The molecule has 5 nitrogen and oxygen atoms in total. The molecule has 0 saturated heterocycles. The zero-order chi connectivity index (χ0) is 14.4. The van der Waals surface area contributed by atoms with Crippen molar-refractivity contribution in [3.05, 3.63) is 35.8 Å². The predicted octanol–water partition coefficient (Wildman–Crippen LogP) is 2.98. The quantitative estimate of drug-likeness (QED) is 0.859. The summed E-state index contributed by atoms with van der Waals surface area (Å²) in [5.41, 5.74) is 0.871. The van der Waals surface area contributed by atoms with Crippen molar-refractivity contribution in [2.45, 2.75) is 19.9 Å². The standard InChI is InChI=1S/C14H17N3O2S/c1-3-19-12-6-4-11(5-7-12)16-10(2)13(18)17-14-15-8-9-20-14/h4-10,16H,3H2,1-2H3,(H,15,17,18). The van der Waals surface area contributed by atoms with Crippen LogP contribution in [0.25, 0.3) is 0 Å². The second-order valence-corrected chi connectivity index (χ2v) is 5.04. The first kappa shape index (κ1) is 14.3. The van der Waals surface area contributed by atoms with Gasteiger partial charge in [-0.2, -0.15) is 0 Å². The van der Waals surface area contributed by atoms with E-state index in [1.54, 1.807) is 13.1 Å². The van der Waals surface area contributed by atoms with Gasteiger partial charge in [-0.05, 0) is 38.1 Å². The van der Waals surface area contributed by atoms with Crippen LogP contribution in [0.4, 0.5) is 10.8 Å². The average molecular weight is 291 g/mol. The lowest BCUT2D eigenvalue weighted by Gasteiger charge is -2.14. The van der Waals surface area contributed by atoms with Gasteiger partial charge in [-0.15, -0.1) is 11.3 Å². The van der Waals surface area contributed by atoms with Crippen molar-refractivity contribution in [2.24, 2.45) is 0 Å². The molecule has 1 unspecified atom stereocenters. The van der Waals surface area contributed by atoms with Crippen molar-refractivity contribution in [1.29, 1.82) is 0 Å². The zero-order valence-corrected chi connectivity index (χ0v) is 12.2. The molecule has 1 aromatic heterocycles. The molecule has 0 bridgehead atoms. The number of thiazole rings is 1. The van der Waals surface area contributed by atoms with Gasteiger partial charge >= 0.3 is 0 Å². The number of nitrogens with one attached hydrogen (secondary N) is 2. The Hall–Kier alpha value is -2.08. The van der Waals surface area contributed by atoms with Gasteiger partial charge in [0.15, 0.2) is 5.13 Å². The fraction of sp³-hybridized carbons (Fsp3) is 0.286. The number of aromatic nitrogens is 1. The maximum absolute atomic E-state index is 12.0. The van der Waals surface area contributed by atoms with E-state index in [-0.39, 0.29) is 11.9 Å². The molecule has 1 aromatic carbocycles. The monoisotopic (exact) mass is 291 g/mol. The second kappa shape index (κ2) is 6.91. The largest absolute Gasteiger partial charge is 0.494 e. The van der Waals surface area contributed by atoms with E-state index < -0.39 is 0 Å². The van der Waals surface area contributed by atoms with E-state index in [1.165, 1.54) is 11.3 Å². The van der Waals surface area contributed by atoms with E-state index in [0.29, 0.717) is 11.7 Å². The molecule has 0 radical (unpaired) electrons. The molecule has 2 aromatic rings. The Labute approximate surface area is 122 Å². The molecule has 20 heavy (non-hydrogen) atoms. The SMILES string of the molecule is CCOc1ccc(NC(C)C(=O)Nc2nccs2)cc1. The van der Waals surface area contributed by atoms with Crippen LogP contribution in [0.1, 0.15) is 13.8 Å². The highest BCUT2D eigenvalue weighted by atomic mass is 32.1. The van der Waals surface area contributed by atoms with E-state index in [4.69, 9.17) is 4.74 Å². The van der Waals surface area contributed by atoms with E-state index in [1.807, 2.05) is 36.6 Å². The molecule has 0 spiro atoms. The summed E-state index contributed by atoms with van der Waals surface area (Å²) >= 11 is 1.40. The highest BCUT2D eigenvalue weighted by Gasteiger charge is 2.13. The van der Waals surface area contributed by atoms with Crippen LogP contribution in [-0.2, 0) is 4.79 Å². The predicted molar refractivity (Wildman–Crippen MR) is 81.4 cm³/mol. The Balaban J connectivity index is 1.89. The third-order valence-electron chi connectivity index (χ3n) is 2.60. The molecule has 1 atom stereocenters. The molecule has 6 heteroatoms. The van der Waals surface area contributed by atoms with Crippen molar-refractivity contribution in [3.8, 4) is 5.75 Å². The normalized spacial score (nSPS) is 11.7. The molecule has 0 fully saturated rings. The highest BCUT2D eigenvalue weighted by molar-refractivity contribution is 7.13. The first-order valence-corrected chi connectivity index (χ1v) is 7.26. The molecule has 106 valence electrons. The lowest BCUT2D eigenvalue weighted by atomic mass is 10.2. The first-order chi connectivity index (χ1) is 9.69. The Morgan fingerprint density at radius 1 is 1.40 bits per heavy atom. The van der Waals surface area contributed by atoms with Crippen LogP contribution in [0.2, 0.25) is 0 Å².